The molecule has 236 valence electrons. The number of hydrogen-bond donors (Lipinski definition) is 1. The second-order valence-corrected chi connectivity index (χ2v) is 13.1. The highest BCUT2D eigenvalue weighted by molar-refractivity contribution is 7.92. The van der Waals surface area contributed by atoms with Gasteiger partial charge in [0.05, 0.1) is 27.7 Å². The van der Waals surface area contributed by atoms with Gasteiger partial charge in [0.15, 0.2) is 0 Å². The number of anilines is 1. The van der Waals surface area contributed by atoms with E-state index in [2.05, 4.69) is 5.32 Å². The van der Waals surface area contributed by atoms with E-state index < -0.39 is 28.5 Å². The molecule has 0 aliphatic carbocycles. The fraction of sp³-hybridized carbons (Fsp3) is 0.235. The minimum atomic E-state index is -4.26. The van der Waals surface area contributed by atoms with E-state index in [4.69, 9.17) is 27.9 Å². The van der Waals surface area contributed by atoms with E-state index in [0.29, 0.717) is 17.9 Å². The molecule has 0 aliphatic heterocycles. The van der Waals surface area contributed by atoms with Gasteiger partial charge in [-0.1, -0.05) is 83.4 Å². The number of rotatable bonds is 13. The number of benzene rings is 4. The van der Waals surface area contributed by atoms with Crippen LogP contribution in [0, 0.1) is 6.92 Å². The summed E-state index contributed by atoms with van der Waals surface area (Å²) in [6.45, 7) is 3.41. The zero-order valence-corrected chi connectivity index (χ0v) is 27.6. The molecule has 4 aromatic rings. The lowest BCUT2D eigenvalue weighted by atomic mass is 10.0. The summed E-state index contributed by atoms with van der Waals surface area (Å²) in [7, 11) is -2.72. The standard InChI is InChI=1S/C34H35Cl2N3O5S/c1-4-37-34(41)32(20-25-9-6-5-7-10-25)38(22-26-11-8-12-28(19-26)44-3)33(40)23-39(27-15-18-30(35)31(36)21-27)45(42,43)29-16-13-24(2)14-17-29/h5-19,21,32H,4,20,22-23H2,1-3H3,(H,37,41). The molecule has 0 saturated carbocycles. The van der Waals surface area contributed by atoms with Crippen LogP contribution in [0.2, 0.25) is 10.0 Å². The molecular weight excluding hydrogens is 633 g/mol. The maximum Gasteiger partial charge on any atom is 0.264 e. The SMILES string of the molecule is CCNC(=O)C(Cc1ccccc1)N(Cc1cccc(OC)c1)C(=O)CN(c1ccc(Cl)c(Cl)c1)S(=O)(=O)c1ccc(C)cc1. The van der Waals surface area contributed by atoms with E-state index in [0.717, 1.165) is 15.4 Å². The molecule has 4 rings (SSSR count). The molecule has 0 spiro atoms. The Morgan fingerprint density at radius 3 is 2.20 bits per heavy atom. The highest BCUT2D eigenvalue weighted by Gasteiger charge is 2.34. The van der Waals surface area contributed by atoms with Crippen LogP contribution >= 0.6 is 23.2 Å². The van der Waals surface area contributed by atoms with Crippen molar-refractivity contribution in [3.8, 4) is 5.75 Å². The van der Waals surface area contributed by atoms with E-state index in [1.165, 1.54) is 35.2 Å². The van der Waals surface area contributed by atoms with Gasteiger partial charge in [-0.25, -0.2) is 8.42 Å². The third-order valence-corrected chi connectivity index (χ3v) is 9.72. The van der Waals surface area contributed by atoms with Crippen LogP contribution in [0.4, 0.5) is 5.69 Å². The van der Waals surface area contributed by atoms with E-state index in [-0.39, 0.29) is 39.5 Å². The van der Waals surface area contributed by atoms with Crippen molar-refractivity contribution < 1.29 is 22.7 Å². The number of methoxy groups -OCH3 is 1. The molecule has 1 unspecified atom stereocenters. The number of amides is 2. The first kappa shape index (κ1) is 33.8. The molecule has 11 heteroatoms. The van der Waals surface area contributed by atoms with Crippen LogP contribution in [-0.2, 0) is 32.6 Å². The van der Waals surface area contributed by atoms with Gasteiger partial charge in [-0.2, -0.15) is 0 Å². The average Bonchev–Trinajstić information content (AvgIpc) is 3.03. The summed E-state index contributed by atoms with van der Waals surface area (Å²) in [5.41, 5.74) is 2.57. The molecule has 1 N–H and O–H groups in total. The predicted octanol–water partition coefficient (Wildman–Crippen LogP) is 6.28. The van der Waals surface area contributed by atoms with Gasteiger partial charge in [-0.05, 0) is 67.4 Å². The average molecular weight is 669 g/mol. The Kier molecular flexibility index (Phi) is 11.5. The van der Waals surface area contributed by atoms with Gasteiger partial charge in [0.1, 0.15) is 18.3 Å². The highest BCUT2D eigenvalue weighted by atomic mass is 35.5. The van der Waals surface area contributed by atoms with Gasteiger partial charge in [-0.15, -0.1) is 0 Å². The molecule has 0 aromatic heterocycles. The van der Waals surface area contributed by atoms with Crippen molar-refractivity contribution in [2.45, 2.75) is 37.8 Å². The Labute approximate surface area is 274 Å². The summed E-state index contributed by atoms with van der Waals surface area (Å²) in [4.78, 5) is 29.5. The Bertz CT molecular complexity index is 1730. The first-order valence-corrected chi connectivity index (χ1v) is 16.5. The van der Waals surface area contributed by atoms with Gasteiger partial charge in [0, 0.05) is 19.5 Å². The van der Waals surface area contributed by atoms with Gasteiger partial charge < -0.3 is 15.0 Å². The molecule has 0 fully saturated rings. The maximum absolute atomic E-state index is 14.5. The van der Waals surface area contributed by atoms with Crippen molar-refractivity contribution in [3.05, 3.63) is 124 Å². The molecule has 4 aromatic carbocycles. The van der Waals surface area contributed by atoms with E-state index in [1.54, 1.807) is 44.4 Å². The van der Waals surface area contributed by atoms with Crippen molar-refractivity contribution in [1.29, 1.82) is 0 Å². The highest BCUT2D eigenvalue weighted by Crippen LogP contribution is 2.31. The van der Waals surface area contributed by atoms with Crippen LogP contribution in [0.5, 0.6) is 5.75 Å². The molecule has 0 bridgehead atoms. The summed E-state index contributed by atoms with van der Waals surface area (Å²) < 4.78 is 34.6. The largest absolute Gasteiger partial charge is 0.497 e. The quantitative estimate of drug-likeness (QED) is 0.181. The van der Waals surface area contributed by atoms with Crippen LogP contribution in [0.25, 0.3) is 0 Å². The normalized spacial score (nSPS) is 11.8. The first-order valence-electron chi connectivity index (χ1n) is 14.3. The van der Waals surface area contributed by atoms with Crippen LogP contribution in [0.3, 0.4) is 0 Å². The number of likely N-dealkylation sites (N-methyl/N-ethyl adjacent to an activating group) is 1. The smallest absolute Gasteiger partial charge is 0.264 e. The van der Waals surface area contributed by atoms with Crippen molar-refractivity contribution in [3.63, 3.8) is 0 Å². The lowest BCUT2D eigenvalue weighted by molar-refractivity contribution is -0.140. The van der Waals surface area contributed by atoms with Crippen LogP contribution < -0.4 is 14.4 Å². The number of ether oxygens (including phenoxy) is 1. The van der Waals surface area contributed by atoms with Crippen molar-refractivity contribution in [2.75, 3.05) is 24.5 Å². The molecule has 0 heterocycles. The van der Waals surface area contributed by atoms with Gasteiger partial charge in [0.25, 0.3) is 10.0 Å². The molecule has 45 heavy (non-hydrogen) atoms. The number of nitrogens with zero attached hydrogens (tertiary/aromatic N) is 2. The Balaban J connectivity index is 1.82. The molecular formula is C34H35Cl2N3O5S. The van der Waals surface area contributed by atoms with Crippen LogP contribution in [-0.4, -0.2) is 51.4 Å². The molecule has 0 aliphatic rings. The predicted molar refractivity (Wildman–Crippen MR) is 178 cm³/mol. The Morgan fingerprint density at radius 1 is 0.867 bits per heavy atom. The van der Waals surface area contributed by atoms with Crippen molar-refractivity contribution >= 4 is 50.7 Å². The van der Waals surface area contributed by atoms with E-state index in [9.17, 15) is 18.0 Å². The lowest BCUT2D eigenvalue weighted by Crippen LogP contribution is -2.53. The topological polar surface area (TPSA) is 96.0 Å². The maximum atomic E-state index is 14.5. The van der Waals surface area contributed by atoms with Crippen LogP contribution in [0.15, 0.2) is 102 Å². The Morgan fingerprint density at radius 2 is 1.56 bits per heavy atom. The summed E-state index contributed by atoms with van der Waals surface area (Å²) in [5.74, 6) is -0.372. The van der Waals surface area contributed by atoms with Gasteiger partial charge >= 0.3 is 0 Å². The zero-order valence-electron chi connectivity index (χ0n) is 25.2. The molecule has 0 saturated heterocycles. The number of nitrogens with one attached hydrogen (secondary N) is 1. The van der Waals surface area contributed by atoms with Gasteiger partial charge in [-0.3, -0.25) is 13.9 Å². The second-order valence-electron chi connectivity index (χ2n) is 10.4. The number of carbonyl (C=O) groups excluding carboxylic acids is 2. The van der Waals surface area contributed by atoms with Crippen molar-refractivity contribution in [1.82, 2.24) is 10.2 Å². The number of aryl methyl sites for hydroxylation is 1. The minimum absolute atomic E-state index is 0.00382. The molecule has 1 atom stereocenters. The Hall–Kier alpha value is -4.05. The van der Waals surface area contributed by atoms with Crippen molar-refractivity contribution in [2.24, 2.45) is 0 Å². The minimum Gasteiger partial charge on any atom is -0.497 e. The zero-order chi connectivity index (χ0) is 32.6. The summed E-state index contributed by atoms with van der Waals surface area (Å²) in [6, 6.07) is 26.3. The first-order chi connectivity index (χ1) is 21.5. The van der Waals surface area contributed by atoms with Crippen LogP contribution in [0.1, 0.15) is 23.6 Å². The number of hydrogen-bond acceptors (Lipinski definition) is 5. The molecule has 0 radical (unpaired) electrons. The molecule has 8 nitrogen and oxygen atoms in total. The van der Waals surface area contributed by atoms with E-state index in [1.807, 2.05) is 43.3 Å². The van der Waals surface area contributed by atoms with Gasteiger partial charge in [0.2, 0.25) is 11.8 Å². The summed E-state index contributed by atoms with van der Waals surface area (Å²) >= 11 is 12.5. The fourth-order valence-corrected chi connectivity index (χ4v) is 6.52. The lowest BCUT2D eigenvalue weighted by Gasteiger charge is -2.34. The fourth-order valence-electron chi connectivity index (χ4n) is 4.82. The number of halogens is 2. The monoisotopic (exact) mass is 667 g/mol. The number of sulfonamides is 1. The summed E-state index contributed by atoms with van der Waals surface area (Å²) in [6.07, 6.45) is 0.208. The second kappa shape index (κ2) is 15.3. The summed E-state index contributed by atoms with van der Waals surface area (Å²) in [5, 5.41) is 3.21. The third kappa shape index (κ3) is 8.57. The molecule has 2 amide bonds. The number of carbonyl (C=O) groups is 2. The third-order valence-electron chi connectivity index (χ3n) is 7.19. The van der Waals surface area contributed by atoms with E-state index >= 15 is 0 Å².